The molecule has 2 rings (SSSR count). The van der Waals surface area contributed by atoms with Crippen molar-refractivity contribution < 1.29 is 4.74 Å². The summed E-state index contributed by atoms with van der Waals surface area (Å²) >= 11 is 0. The van der Waals surface area contributed by atoms with Crippen LogP contribution in [-0.4, -0.2) is 25.2 Å². The van der Waals surface area contributed by atoms with Crippen molar-refractivity contribution in [3.63, 3.8) is 0 Å². The molecule has 2 heterocycles. The van der Waals surface area contributed by atoms with Gasteiger partial charge in [-0.1, -0.05) is 6.07 Å². The molecule has 1 N–H and O–H groups in total. The number of pyridine rings is 1. The number of rotatable bonds is 3. The Bertz CT molecular complexity index is 275. The highest BCUT2D eigenvalue weighted by Crippen LogP contribution is 2.27. The molecule has 0 aromatic carbocycles. The van der Waals surface area contributed by atoms with E-state index in [-0.39, 0.29) is 18.5 Å². The van der Waals surface area contributed by atoms with Gasteiger partial charge in [0.1, 0.15) is 6.10 Å². The van der Waals surface area contributed by atoms with Crippen molar-refractivity contribution in [1.29, 1.82) is 0 Å². The Balaban J connectivity index is 0.00000112. The van der Waals surface area contributed by atoms with Gasteiger partial charge in [0.2, 0.25) is 0 Å². The maximum atomic E-state index is 5.52. The monoisotopic (exact) mass is 228 g/mol. The van der Waals surface area contributed by atoms with Crippen LogP contribution in [0.3, 0.4) is 0 Å². The molecule has 84 valence electrons. The lowest BCUT2D eigenvalue weighted by molar-refractivity contribution is 0.0550. The zero-order valence-electron chi connectivity index (χ0n) is 8.85. The number of methoxy groups -OCH3 is 1. The second kappa shape index (κ2) is 6.05. The van der Waals surface area contributed by atoms with E-state index in [1.165, 1.54) is 6.42 Å². The summed E-state index contributed by atoms with van der Waals surface area (Å²) in [7, 11) is 1.76. The molecule has 1 fully saturated rings. The Kier molecular flexibility index (Phi) is 5.02. The van der Waals surface area contributed by atoms with Crippen LogP contribution in [0.4, 0.5) is 0 Å². The molecule has 15 heavy (non-hydrogen) atoms. The number of nitrogens with one attached hydrogen (secondary N) is 1. The standard InChI is InChI=1S/C11H16N2O.ClH/c1-14-11(9-5-7-12-8-9)10-4-2-3-6-13-10;/h2-4,6,9,11-12H,5,7-8H2,1H3;1H. The second-order valence-corrected chi connectivity index (χ2v) is 3.66. The Labute approximate surface area is 96.7 Å². The van der Waals surface area contributed by atoms with Crippen LogP contribution < -0.4 is 5.32 Å². The molecule has 0 saturated carbocycles. The van der Waals surface area contributed by atoms with E-state index in [2.05, 4.69) is 10.3 Å². The van der Waals surface area contributed by atoms with Crippen molar-refractivity contribution in [2.45, 2.75) is 12.5 Å². The first-order valence-corrected chi connectivity index (χ1v) is 5.06. The summed E-state index contributed by atoms with van der Waals surface area (Å²) in [6.45, 7) is 2.13. The lowest BCUT2D eigenvalue weighted by atomic mass is 9.98. The van der Waals surface area contributed by atoms with E-state index >= 15 is 0 Å². The fourth-order valence-electron chi connectivity index (χ4n) is 2.03. The van der Waals surface area contributed by atoms with Crippen molar-refractivity contribution in [1.82, 2.24) is 10.3 Å². The van der Waals surface area contributed by atoms with Crippen LogP contribution in [-0.2, 0) is 4.74 Å². The van der Waals surface area contributed by atoms with Gasteiger partial charge in [0.25, 0.3) is 0 Å². The number of halogens is 1. The minimum atomic E-state index is 0. The molecule has 1 saturated heterocycles. The van der Waals surface area contributed by atoms with E-state index < -0.39 is 0 Å². The lowest BCUT2D eigenvalue weighted by Gasteiger charge is -2.20. The largest absolute Gasteiger partial charge is 0.375 e. The van der Waals surface area contributed by atoms with E-state index in [4.69, 9.17) is 4.74 Å². The first kappa shape index (κ1) is 12.4. The highest BCUT2D eigenvalue weighted by atomic mass is 35.5. The molecule has 0 amide bonds. The molecule has 1 aliphatic rings. The maximum absolute atomic E-state index is 5.52. The predicted octanol–water partition coefficient (Wildman–Crippen LogP) is 1.80. The Morgan fingerprint density at radius 1 is 1.53 bits per heavy atom. The van der Waals surface area contributed by atoms with Gasteiger partial charge in [-0.25, -0.2) is 0 Å². The highest BCUT2D eigenvalue weighted by molar-refractivity contribution is 5.85. The van der Waals surface area contributed by atoms with Crippen LogP contribution in [0.15, 0.2) is 24.4 Å². The summed E-state index contributed by atoms with van der Waals surface area (Å²) in [4.78, 5) is 4.34. The predicted molar refractivity (Wildman–Crippen MR) is 62.2 cm³/mol. The molecule has 1 aromatic heterocycles. The molecular formula is C11H17ClN2O. The van der Waals surface area contributed by atoms with Gasteiger partial charge < -0.3 is 10.1 Å². The second-order valence-electron chi connectivity index (χ2n) is 3.66. The molecular weight excluding hydrogens is 212 g/mol. The summed E-state index contributed by atoms with van der Waals surface area (Å²) in [5.74, 6) is 0.565. The molecule has 2 atom stereocenters. The number of nitrogens with zero attached hydrogens (tertiary/aromatic N) is 1. The molecule has 1 aromatic rings. The molecule has 4 heteroatoms. The van der Waals surface area contributed by atoms with Crippen LogP contribution in [0.2, 0.25) is 0 Å². The summed E-state index contributed by atoms with van der Waals surface area (Å²) in [6, 6.07) is 5.98. The quantitative estimate of drug-likeness (QED) is 0.857. The van der Waals surface area contributed by atoms with E-state index in [9.17, 15) is 0 Å². The summed E-state index contributed by atoms with van der Waals surface area (Å²) < 4.78 is 5.52. The van der Waals surface area contributed by atoms with Crippen molar-refractivity contribution in [3.05, 3.63) is 30.1 Å². The van der Waals surface area contributed by atoms with Crippen LogP contribution in [0, 0.1) is 5.92 Å². The van der Waals surface area contributed by atoms with Crippen molar-refractivity contribution >= 4 is 12.4 Å². The topological polar surface area (TPSA) is 34.1 Å². The first-order chi connectivity index (χ1) is 6.92. The van der Waals surface area contributed by atoms with Crippen molar-refractivity contribution in [3.8, 4) is 0 Å². The van der Waals surface area contributed by atoms with Crippen LogP contribution in [0.5, 0.6) is 0 Å². The fraction of sp³-hybridized carbons (Fsp3) is 0.545. The van der Waals surface area contributed by atoms with E-state index in [1.54, 1.807) is 7.11 Å². The smallest absolute Gasteiger partial charge is 0.103 e. The van der Waals surface area contributed by atoms with Crippen LogP contribution >= 0.6 is 12.4 Å². The number of aromatic nitrogens is 1. The molecule has 0 bridgehead atoms. The SMILES string of the molecule is COC(c1ccccn1)C1CCNC1.Cl. The number of hydrogen-bond donors (Lipinski definition) is 1. The Morgan fingerprint density at radius 3 is 2.93 bits per heavy atom. The van der Waals surface area contributed by atoms with Crippen LogP contribution in [0.25, 0.3) is 0 Å². The van der Waals surface area contributed by atoms with Gasteiger partial charge >= 0.3 is 0 Å². The van der Waals surface area contributed by atoms with E-state index in [1.807, 2.05) is 24.4 Å². The molecule has 0 radical (unpaired) electrons. The van der Waals surface area contributed by atoms with Gasteiger partial charge in [0.15, 0.2) is 0 Å². The molecule has 0 aliphatic carbocycles. The summed E-state index contributed by atoms with van der Waals surface area (Å²) in [5.41, 5.74) is 1.05. The average Bonchev–Trinajstić information content (AvgIpc) is 2.74. The molecule has 1 aliphatic heterocycles. The van der Waals surface area contributed by atoms with Gasteiger partial charge in [0, 0.05) is 25.8 Å². The zero-order chi connectivity index (χ0) is 9.80. The third kappa shape index (κ3) is 2.91. The van der Waals surface area contributed by atoms with Crippen molar-refractivity contribution in [2.75, 3.05) is 20.2 Å². The minimum Gasteiger partial charge on any atom is -0.375 e. The normalized spacial score (nSPS) is 22.1. The highest BCUT2D eigenvalue weighted by Gasteiger charge is 2.26. The van der Waals surface area contributed by atoms with Crippen molar-refractivity contribution in [2.24, 2.45) is 5.92 Å². The Morgan fingerprint density at radius 2 is 2.40 bits per heavy atom. The molecule has 3 nitrogen and oxygen atoms in total. The van der Waals surface area contributed by atoms with Gasteiger partial charge in [-0.2, -0.15) is 0 Å². The fourth-order valence-corrected chi connectivity index (χ4v) is 2.03. The third-order valence-electron chi connectivity index (χ3n) is 2.76. The van der Waals surface area contributed by atoms with Crippen LogP contribution in [0.1, 0.15) is 18.2 Å². The van der Waals surface area contributed by atoms with E-state index in [0.717, 1.165) is 18.8 Å². The van der Waals surface area contributed by atoms with Gasteiger partial charge in [-0.15, -0.1) is 12.4 Å². The maximum Gasteiger partial charge on any atom is 0.103 e. The van der Waals surface area contributed by atoms with Gasteiger partial charge in [0.05, 0.1) is 5.69 Å². The zero-order valence-corrected chi connectivity index (χ0v) is 9.67. The number of ether oxygens (including phenoxy) is 1. The first-order valence-electron chi connectivity index (χ1n) is 5.06. The minimum absolute atomic E-state index is 0. The lowest BCUT2D eigenvalue weighted by Crippen LogP contribution is -2.18. The number of hydrogen-bond acceptors (Lipinski definition) is 3. The summed E-state index contributed by atoms with van der Waals surface area (Å²) in [6.07, 6.45) is 3.14. The average molecular weight is 229 g/mol. The third-order valence-corrected chi connectivity index (χ3v) is 2.76. The summed E-state index contributed by atoms with van der Waals surface area (Å²) in [5, 5.41) is 3.35. The molecule has 2 unspecified atom stereocenters. The van der Waals surface area contributed by atoms with E-state index in [0.29, 0.717) is 5.92 Å². The Hall–Kier alpha value is -0.640. The van der Waals surface area contributed by atoms with Gasteiger partial charge in [-0.3, -0.25) is 4.98 Å². The molecule has 0 spiro atoms. The van der Waals surface area contributed by atoms with Gasteiger partial charge in [-0.05, 0) is 25.1 Å².